The number of hydrogen-bond acceptors (Lipinski definition) is 1. The van der Waals surface area contributed by atoms with Crippen LogP contribution in [0.2, 0.25) is 0 Å². The van der Waals surface area contributed by atoms with E-state index in [4.69, 9.17) is 0 Å². The first-order chi connectivity index (χ1) is 9.17. The summed E-state index contributed by atoms with van der Waals surface area (Å²) in [5.41, 5.74) is -0.605. The average Bonchev–Trinajstić information content (AvgIpc) is 2.33. The zero-order chi connectivity index (χ0) is 15.0. The van der Waals surface area contributed by atoms with Crippen LogP contribution in [0.25, 0.3) is 0 Å². The van der Waals surface area contributed by atoms with Crippen molar-refractivity contribution < 1.29 is 17.6 Å². The summed E-state index contributed by atoms with van der Waals surface area (Å²) in [5, 5.41) is 2.92. The molecular weight excluding hydrogens is 270 g/mol. The Hall–Kier alpha value is -1.26. The second-order valence-corrected chi connectivity index (χ2v) is 6.28. The van der Waals surface area contributed by atoms with Gasteiger partial charge in [0.25, 0.3) is 0 Å². The van der Waals surface area contributed by atoms with Gasteiger partial charge in [-0.15, -0.1) is 0 Å². The van der Waals surface area contributed by atoms with E-state index >= 15 is 0 Å². The molecule has 20 heavy (non-hydrogen) atoms. The van der Waals surface area contributed by atoms with E-state index in [1.807, 2.05) is 0 Å². The van der Waals surface area contributed by atoms with E-state index < -0.39 is 17.6 Å². The predicted octanol–water partition coefficient (Wildman–Crippen LogP) is 5.23. The van der Waals surface area contributed by atoms with E-state index in [-0.39, 0.29) is 17.1 Å². The molecule has 0 amide bonds. The Kier molecular flexibility index (Phi) is 3.98. The highest BCUT2D eigenvalue weighted by Gasteiger charge is 2.32. The Balaban J connectivity index is 2.10. The lowest BCUT2D eigenvalue weighted by molar-refractivity contribution is -0.137. The van der Waals surface area contributed by atoms with Crippen molar-refractivity contribution in [1.82, 2.24) is 0 Å². The third kappa shape index (κ3) is 3.64. The molecule has 1 aliphatic rings. The van der Waals surface area contributed by atoms with Crippen LogP contribution in [0.1, 0.15) is 45.1 Å². The van der Waals surface area contributed by atoms with Gasteiger partial charge >= 0.3 is 6.18 Å². The van der Waals surface area contributed by atoms with E-state index in [9.17, 15) is 17.6 Å². The molecule has 0 bridgehead atoms. The second kappa shape index (κ2) is 5.26. The van der Waals surface area contributed by atoms with E-state index in [2.05, 4.69) is 19.2 Å². The smallest absolute Gasteiger partial charge is 0.380 e. The fourth-order valence-electron chi connectivity index (χ4n) is 2.58. The summed E-state index contributed by atoms with van der Waals surface area (Å²) < 4.78 is 51.5. The van der Waals surface area contributed by atoms with Crippen LogP contribution in [0.3, 0.4) is 0 Å². The molecule has 0 radical (unpaired) electrons. The van der Waals surface area contributed by atoms with Crippen molar-refractivity contribution in [2.45, 2.75) is 51.7 Å². The maximum atomic E-state index is 13.6. The molecule has 1 aromatic carbocycles. The van der Waals surface area contributed by atoms with Crippen LogP contribution in [-0.4, -0.2) is 6.04 Å². The van der Waals surface area contributed by atoms with Crippen molar-refractivity contribution in [1.29, 1.82) is 0 Å². The van der Waals surface area contributed by atoms with Crippen LogP contribution in [0, 0.1) is 11.2 Å². The van der Waals surface area contributed by atoms with Gasteiger partial charge in [0.05, 0.1) is 11.3 Å². The van der Waals surface area contributed by atoms with E-state index in [1.54, 1.807) is 0 Å². The van der Waals surface area contributed by atoms with Gasteiger partial charge in [-0.3, -0.25) is 0 Å². The summed E-state index contributed by atoms with van der Waals surface area (Å²) in [6.07, 6.45) is -0.763. The molecule has 0 heterocycles. The molecular formula is C15H19F4N. The number of alkyl halides is 3. The maximum Gasteiger partial charge on any atom is 0.416 e. The number of halogens is 4. The minimum Gasteiger partial charge on any atom is -0.380 e. The quantitative estimate of drug-likeness (QED) is 0.735. The van der Waals surface area contributed by atoms with Crippen LogP contribution >= 0.6 is 0 Å². The minimum absolute atomic E-state index is 0.0426. The van der Waals surface area contributed by atoms with Crippen LogP contribution < -0.4 is 5.32 Å². The van der Waals surface area contributed by atoms with E-state index in [1.165, 1.54) is 0 Å². The average molecular weight is 289 g/mol. The highest BCUT2D eigenvalue weighted by Crippen LogP contribution is 2.37. The van der Waals surface area contributed by atoms with Gasteiger partial charge in [0, 0.05) is 6.04 Å². The lowest BCUT2D eigenvalue weighted by Gasteiger charge is -2.35. The molecule has 1 aliphatic carbocycles. The molecule has 1 nitrogen and oxygen atoms in total. The molecule has 0 atom stereocenters. The molecule has 0 spiro atoms. The highest BCUT2D eigenvalue weighted by atomic mass is 19.4. The van der Waals surface area contributed by atoms with Gasteiger partial charge in [0.1, 0.15) is 5.82 Å². The van der Waals surface area contributed by atoms with Crippen molar-refractivity contribution in [2.24, 2.45) is 5.41 Å². The second-order valence-electron chi connectivity index (χ2n) is 6.28. The number of anilines is 1. The molecule has 0 unspecified atom stereocenters. The molecule has 2 rings (SSSR count). The lowest BCUT2D eigenvalue weighted by atomic mass is 9.75. The third-order valence-electron chi connectivity index (χ3n) is 3.99. The molecule has 0 aromatic heterocycles. The standard InChI is InChI=1S/C15H19F4N/c1-14(2)7-5-11(6-8-14)20-13-9-10(15(17,18)19)3-4-12(13)16/h3-4,9,11,20H,5-8H2,1-2H3. The maximum absolute atomic E-state index is 13.6. The summed E-state index contributed by atoms with van der Waals surface area (Å²) >= 11 is 0. The molecule has 112 valence electrons. The molecule has 1 aromatic rings. The Labute approximate surface area is 116 Å². The van der Waals surface area contributed by atoms with Crippen molar-refractivity contribution in [3.63, 3.8) is 0 Å². The zero-order valence-corrected chi connectivity index (χ0v) is 11.6. The van der Waals surface area contributed by atoms with Crippen molar-refractivity contribution >= 4 is 5.69 Å². The minimum atomic E-state index is -4.45. The van der Waals surface area contributed by atoms with Gasteiger partial charge in [-0.05, 0) is 49.3 Å². The van der Waals surface area contributed by atoms with Gasteiger partial charge in [-0.25, -0.2) is 4.39 Å². The SMILES string of the molecule is CC1(C)CCC(Nc2cc(C(F)(F)F)ccc2F)CC1. The summed E-state index contributed by atoms with van der Waals surface area (Å²) in [4.78, 5) is 0. The van der Waals surface area contributed by atoms with Crippen molar-refractivity contribution in [3.05, 3.63) is 29.6 Å². The van der Waals surface area contributed by atoms with Crippen LogP contribution in [0.5, 0.6) is 0 Å². The fourth-order valence-corrected chi connectivity index (χ4v) is 2.58. The third-order valence-corrected chi connectivity index (χ3v) is 3.99. The van der Waals surface area contributed by atoms with Crippen LogP contribution in [0.4, 0.5) is 23.2 Å². The van der Waals surface area contributed by atoms with Gasteiger partial charge in [-0.2, -0.15) is 13.2 Å². The summed E-state index contributed by atoms with van der Waals surface area (Å²) in [7, 11) is 0. The van der Waals surface area contributed by atoms with Crippen LogP contribution in [0.15, 0.2) is 18.2 Å². The summed E-state index contributed by atoms with van der Waals surface area (Å²) in [5.74, 6) is -0.636. The Morgan fingerprint density at radius 2 is 1.75 bits per heavy atom. The number of benzene rings is 1. The Morgan fingerprint density at radius 1 is 1.15 bits per heavy atom. The topological polar surface area (TPSA) is 12.0 Å². The molecule has 1 N–H and O–H groups in total. The Bertz CT molecular complexity index is 469. The monoisotopic (exact) mass is 289 g/mol. The Morgan fingerprint density at radius 3 is 2.30 bits per heavy atom. The summed E-state index contributed by atoms with van der Waals surface area (Å²) in [6.45, 7) is 4.35. The number of rotatable bonds is 2. The molecule has 0 aliphatic heterocycles. The van der Waals surface area contributed by atoms with Gasteiger partial charge in [0.15, 0.2) is 0 Å². The van der Waals surface area contributed by atoms with E-state index in [0.29, 0.717) is 0 Å². The normalized spacial score (nSPS) is 19.9. The largest absolute Gasteiger partial charge is 0.416 e. The van der Waals surface area contributed by atoms with Gasteiger partial charge in [0.2, 0.25) is 0 Å². The predicted molar refractivity (Wildman–Crippen MR) is 71.1 cm³/mol. The summed E-state index contributed by atoms with van der Waals surface area (Å²) in [6, 6.07) is 2.54. The first kappa shape index (κ1) is 15.1. The first-order valence-electron chi connectivity index (χ1n) is 6.81. The molecule has 1 fully saturated rings. The lowest BCUT2D eigenvalue weighted by Crippen LogP contribution is -2.30. The molecule has 0 saturated heterocycles. The molecule has 5 heteroatoms. The van der Waals surface area contributed by atoms with Crippen molar-refractivity contribution in [2.75, 3.05) is 5.32 Å². The molecule has 1 saturated carbocycles. The van der Waals surface area contributed by atoms with Crippen molar-refractivity contribution in [3.8, 4) is 0 Å². The van der Waals surface area contributed by atoms with Gasteiger partial charge < -0.3 is 5.32 Å². The zero-order valence-electron chi connectivity index (χ0n) is 11.6. The number of hydrogen-bond donors (Lipinski definition) is 1. The highest BCUT2D eigenvalue weighted by molar-refractivity contribution is 5.48. The van der Waals surface area contributed by atoms with E-state index in [0.717, 1.165) is 43.9 Å². The first-order valence-corrected chi connectivity index (χ1v) is 6.81. The fraction of sp³-hybridized carbons (Fsp3) is 0.600. The van der Waals surface area contributed by atoms with Crippen LogP contribution in [-0.2, 0) is 6.18 Å². The van der Waals surface area contributed by atoms with Gasteiger partial charge in [-0.1, -0.05) is 13.8 Å². The number of nitrogens with one attached hydrogen (secondary N) is 1.